The maximum Gasteiger partial charge on any atom is 0.296 e. The minimum absolute atomic E-state index is 0.119. The summed E-state index contributed by atoms with van der Waals surface area (Å²) >= 11 is 1.65. The SMILES string of the molecule is O=C1N=C2SCCN2/C1=C/c1ccccc1. The highest BCUT2D eigenvalue weighted by Crippen LogP contribution is 2.29. The molecule has 1 saturated heterocycles. The highest BCUT2D eigenvalue weighted by Gasteiger charge is 2.33. The smallest absolute Gasteiger partial charge is 0.296 e. The minimum Gasteiger partial charge on any atom is -0.315 e. The molecule has 16 heavy (non-hydrogen) atoms. The average Bonchev–Trinajstić information content (AvgIpc) is 2.84. The van der Waals surface area contributed by atoms with E-state index in [1.807, 2.05) is 41.3 Å². The quantitative estimate of drug-likeness (QED) is 0.691. The van der Waals surface area contributed by atoms with Gasteiger partial charge in [0.2, 0.25) is 0 Å². The molecule has 0 unspecified atom stereocenters. The molecular weight excluding hydrogens is 220 g/mol. The summed E-state index contributed by atoms with van der Waals surface area (Å²) in [7, 11) is 0. The number of benzene rings is 1. The van der Waals surface area contributed by atoms with E-state index in [0.29, 0.717) is 5.70 Å². The third kappa shape index (κ3) is 1.55. The largest absolute Gasteiger partial charge is 0.315 e. The van der Waals surface area contributed by atoms with Gasteiger partial charge in [0, 0.05) is 12.3 Å². The van der Waals surface area contributed by atoms with Gasteiger partial charge in [0.1, 0.15) is 5.70 Å². The Morgan fingerprint density at radius 2 is 2.12 bits per heavy atom. The van der Waals surface area contributed by atoms with E-state index in [9.17, 15) is 4.79 Å². The number of thioether (sulfide) groups is 1. The fourth-order valence-electron chi connectivity index (χ4n) is 1.82. The summed E-state index contributed by atoms with van der Waals surface area (Å²) in [5.74, 6) is 0.893. The maximum absolute atomic E-state index is 11.7. The normalized spacial score (nSPS) is 21.5. The van der Waals surface area contributed by atoms with E-state index >= 15 is 0 Å². The first kappa shape index (κ1) is 9.66. The molecular formula is C12H10N2OS. The second-order valence-corrected chi connectivity index (χ2v) is 4.70. The van der Waals surface area contributed by atoms with E-state index in [4.69, 9.17) is 0 Å². The van der Waals surface area contributed by atoms with Crippen LogP contribution in [0.5, 0.6) is 0 Å². The summed E-state index contributed by atoms with van der Waals surface area (Å²) in [4.78, 5) is 17.7. The van der Waals surface area contributed by atoms with Crippen LogP contribution in [0.25, 0.3) is 6.08 Å². The van der Waals surface area contributed by atoms with Crippen molar-refractivity contribution in [3.63, 3.8) is 0 Å². The average molecular weight is 230 g/mol. The lowest BCUT2D eigenvalue weighted by atomic mass is 10.2. The number of fused-ring (bicyclic) bond motifs is 1. The Hall–Kier alpha value is -1.55. The second-order valence-electron chi connectivity index (χ2n) is 3.64. The number of hydrogen-bond donors (Lipinski definition) is 0. The molecule has 80 valence electrons. The summed E-state index contributed by atoms with van der Waals surface area (Å²) in [5, 5.41) is 0.854. The molecule has 1 amide bonds. The topological polar surface area (TPSA) is 32.7 Å². The number of amidine groups is 1. The van der Waals surface area contributed by atoms with Crippen LogP contribution in [-0.4, -0.2) is 28.3 Å². The Labute approximate surface area is 97.9 Å². The number of amides is 1. The van der Waals surface area contributed by atoms with E-state index in [2.05, 4.69) is 4.99 Å². The van der Waals surface area contributed by atoms with Gasteiger partial charge in [-0.2, -0.15) is 4.99 Å². The van der Waals surface area contributed by atoms with E-state index < -0.39 is 0 Å². The molecule has 0 bridgehead atoms. The Morgan fingerprint density at radius 3 is 2.94 bits per heavy atom. The van der Waals surface area contributed by atoms with Crippen molar-refractivity contribution >= 4 is 28.9 Å². The summed E-state index contributed by atoms with van der Waals surface area (Å²) < 4.78 is 0. The van der Waals surface area contributed by atoms with Crippen molar-refractivity contribution in [2.24, 2.45) is 4.99 Å². The van der Waals surface area contributed by atoms with Crippen molar-refractivity contribution < 1.29 is 4.79 Å². The van der Waals surface area contributed by atoms with Crippen LogP contribution in [-0.2, 0) is 4.79 Å². The lowest BCUT2D eigenvalue weighted by Crippen LogP contribution is -2.20. The molecule has 1 fully saturated rings. The van der Waals surface area contributed by atoms with Crippen molar-refractivity contribution in [2.45, 2.75) is 0 Å². The highest BCUT2D eigenvalue weighted by atomic mass is 32.2. The lowest BCUT2D eigenvalue weighted by Gasteiger charge is -2.11. The van der Waals surface area contributed by atoms with Gasteiger partial charge in [-0.3, -0.25) is 4.79 Å². The van der Waals surface area contributed by atoms with Crippen molar-refractivity contribution in [3.05, 3.63) is 41.6 Å². The molecule has 0 saturated carbocycles. The zero-order valence-corrected chi connectivity index (χ0v) is 9.41. The first-order valence-electron chi connectivity index (χ1n) is 5.15. The van der Waals surface area contributed by atoms with Crippen LogP contribution in [0.4, 0.5) is 0 Å². The zero-order valence-electron chi connectivity index (χ0n) is 8.59. The van der Waals surface area contributed by atoms with Gasteiger partial charge < -0.3 is 4.90 Å². The zero-order chi connectivity index (χ0) is 11.0. The molecule has 3 nitrogen and oxygen atoms in total. The number of nitrogens with zero attached hydrogens (tertiary/aromatic N) is 2. The van der Waals surface area contributed by atoms with Gasteiger partial charge >= 0.3 is 0 Å². The Kier molecular flexibility index (Phi) is 2.29. The number of carbonyl (C=O) groups is 1. The molecule has 3 rings (SSSR count). The predicted molar refractivity (Wildman–Crippen MR) is 66.0 cm³/mol. The summed E-state index contributed by atoms with van der Waals surface area (Å²) in [5.41, 5.74) is 1.74. The van der Waals surface area contributed by atoms with Crippen LogP contribution in [0.3, 0.4) is 0 Å². The van der Waals surface area contributed by atoms with Gasteiger partial charge in [0.15, 0.2) is 5.17 Å². The molecule has 2 aliphatic rings. The molecule has 0 atom stereocenters. The first-order chi connectivity index (χ1) is 7.84. The molecule has 1 aromatic carbocycles. The molecule has 0 aliphatic carbocycles. The van der Waals surface area contributed by atoms with E-state index in [1.165, 1.54) is 0 Å². The van der Waals surface area contributed by atoms with Crippen LogP contribution in [0, 0.1) is 0 Å². The minimum atomic E-state index is -0.119. The number of carbonyl (C=O) groups excluding carboxylic acids is 1. The third-order valence-electron chi connectivity index (χ3n) is 2.59. The lowest BCUT2D eigenvalue weighted by molar-refractivity contribution is -0.114. The van der Waals surface area contributed by atoms with Gasteiger partial charge in [0.25, 0.3) is 5.91 Å². The van der Waals surface area contributed by atoms with Crippen LogP contribution < -0.4 is 0 Å². The van der Waals surface area contributed by atoms with Crippen LogP contribution in [0.1, 0.15) is 5.56 Å². The second kappa shape index (κ2) is 3.79. The van der Waals surface area contributed by atoms with Crippen molar-refractivity contribution in [3.8, 4) is 0 Å². The first-order valence-corrected chi connectivity index (χ1v) is 6.13. The van der Waals surface area contributed by atoms with Crippen molar-refractivity contribution in [1.82, 2.24) is 4.90 Å². The molecule has 0 aromatic heterocycles. The van der Waals surface area contributed by atoms with Gasteiger partial charge in [-0.1, -0.05) is 42.1 Å². The van der Waals surface area contributed by atoms with Crippen molar-refractivity contribution in [2.75, 3.05) is 12.3 Å². The molecule has 0 spiro atoms. The van der Waals surface area contributed by atoms with Crippen LogP contribution in [0.15, 0.2) is 41.0 Å². The predicted octanol–water partition coefficient (Wildman–Crippen LogP) is 1.97. The van der Waals surface area contributed by atoms with E-state index in [0.717, 1.165) is 23.0 Å². The Balaban J connectivity index is 1.97. The maximum atomic E-state index is 11.7. The number of aliphatic imine (C=N–C) groups is 1. The fourth-order valence-corrected chi connectivity index (χ4v) is 2.77. The molecule has 2 heterocycles. The van der Waals surface area contributed by atoms with Gasteiger partial charge in [-0.25, -0.2) is 0 Å². The molecule has 0 radical (unpaired) electrons. The monoisotopic (exact) mass is 230 g/mol. The molecule has 4 heteroatoms. The van der Waals surface area contributed by atoms with Gasteiger partial charge in [-0.15, -0.1) is 0 Å². The Bertz CT molecular complexity index is 493. The van der Waals surface area contributed by atoms with Crippen molar-refractivity contribution in [1.29, 1.82) is 0 Å². The summed E-state index contributed by atoms with van der Waals surface area (Å²) in [6.45, 7) is 0.883. The van der Waals surface area contributed by atoms with E-state index in [1.54, 1.807) is 11.8 Å². The summed E-state index contributed by atoms with van der Waals surface area (Å²) in [6, 6.07) is 9.87. The molecule has 1 aromatic rings. The van der Waals surface area contributed by atoms with Crippen LogP contribution in [0.2, 0.25) is 0 Å². The third-order valence-corrected chi connectivity index (χ3v) is 3.54. The summed E-state index contributed by atoms with van der Waals surface area (Å²) in [6.07, 6.45) is 1.91. The molecule has 0 N–H and O–H groups in total. The van der Waals surface area contributed by atoms with Gasteiger partial charge in [0.05, 0.1) is 0 Å². The number of hydrogen-bond acceptors (Lipinski definition) is 3. The van der Waals surface area contributed by atoms with Gasteiger partial charge in [-0.05, 0) is 11.6 Å². The number of rotatable bonds is 1. The standard InChI is InChI=1S/C12H10N2OS/c15-11-10(8-9-4-2-1-3-5-9)14-6-7-16-12(14)13-11/h1-5,8H,6-7H2/b10-8+. The van der Waals surface area contributed by atoms with E-state index in [-0.39, 0.29) is 5.91 Å². The fraction of sp³-hybridized carbons (Fsp3) is 0.167. The van der Waals surface area contributed by atoms with Crippen LogP contribution >= 0.6 is 11.8 Å². The molecule has 2 aliphatic heterocycles. The Morgan fingerprint density at radius 1 is 1.31 bits per heavy atom. The highest BCUT2D eigenvalue weighted by molar-refractivity contribution is 8.14.